The molecule has 2 nitrogen and oxygen atoms in total. The van der Waals surface area contributed by atoms with Gasteiger partial charge in [0.25, 0.3) is 0 Å². The van der Waals surface area contributed by atoms with Gasteiger partial charge in [-0.25, -0.2) is 9.97 Å². The van der Waals surface area contributed by atoms with Crippen molar-refractivity contribution < 1.29 is 0 Å². The van der Waals surface area contributed by atoms with Crippen molar-refractivity contribution in [1.29, 1.82) is 0 Å². The van der Waals surface area contributed by atoms with Crippen LogP contribution in [0.25, 0.3) is 11.3 Å². The maximum absolute atomic E-state index is 6.14. The number of halogens is 1. The summed E-state index contributed by atoms with van der Waals surface area (Å²) in [7, 11) is 0. The molecular weight excluding hydrogens is 256 g/mol. The van der Waals surface area contributed by atoms with E-state index in [2.05, 4.69) is 23.2 Å². The molecule has 4 rings (SSSR count). The number of hydrogen-bond acceptors (Lipinski definition) is 2. The highest BCUT2D eigenvalue weighted by Crippen LogP contribution is 2.39. The number of benzene rings is 1. The van der Waals surface area contributed by atoms with Gasteiger partial charge in [-0.1, -0.05) is 23.7 Å². The monoisotopic (exact) mass is 270 g/mol. The van der Waals surface area contributed by atoms with Crippen LogP contribution in [0.2, 0.25) is 5.15 Å². The second-order valence-corrected chi connectivity index (χ2v) is 5.93. The summed E-state index contributed by atoms with van der Waals surface area (Å²) in [5.41, 5.74) is 5.11. The van der Waals surface area contributed by atoms with Crippen LogP contribution in [0.15, 0.2) is 24.3 Å². The van der Waals surface area contributed by atoms with Gasteiger partial charge in [0.2, 0.25) is 0 Å². The molecule has 0 saturated heterocycles. The van der Waals surface area contributed by atoms with E-state index in [4.69, 9.17) is 16.6 Å². The van der Waals surface area contributed by atoms with E-state index in [0.29, 0.717) is 11.1 Å². The number of aryl methyl sites for hydroxylation is 2. The standard InChI is InChI=1S/C16H15ClN2/c17-15-9-14(18-16(19-15)11-5-6-11)13-7-4-10-2-1-3-12(10)8-13/h4,7-9,11H,1-3,5-6H2. The first-order valence-corrected chi connectivity index (χ1v) is 7.34. The molecular formula is C16H15ClN2. The molecule has 0 unspecified atom stereocenters. The Balaban J connectivity index is 1.79. The van der Waals surface area contributed by atoms with Crippen LogP contribution in [0.3, 0.4) is 0 Å². The fraction of sp³-hybridized carbons (Fsp3) is 0.375. The average Bonchev–Trinajstić information content (AvgIpc) is 3.16. The van der Waals surface area contributed by atoms with Gasteiger partial charge in [-0.2, -0.15) is 0 Å². The minimum absolute atomic E-state index is 0.534. The number of rotatable bonds is 2. The fourth-order valence-electron chi connectivity index (χ4n) is 2.84. The lowest BCUT2D eigenvalue weighted by Gasteiger charge is -2.07. The highest BCUT2D eigenvalue weighted by molar-refractivity contribution is 6.29. The topological polar surface area (TPSA) is 25.8 Å². The maximum Gasteiger partial charge on any atom is 0.133 e. The van der Waals surface area contributed by atoms with Crippen molar-refractivity contribution in [3.63, 3.8) is 0 Å². The van der Waals surface area contributed by atoms with E-state index < -0.39 is 0 Å². The molecule has 0 amide bonds. The predicted octanol–water partition coefficient (Wildman–Crippen LogP) is 4.16. The molecule has 19 heavy (non-hydrogen) atoms. The first-order chi connectivity index (χ1) is 9.29. The Morgan fingerprint density at radius 2 is 1.84 bits per heavy atom. The van der Waals surface area contributed by atoms with Crippen molar-refractivity contribution in [2.45, 2.75) is 38.0 Å². The molecule has 2 aromatic rings. The summed E-state index contributed by atoms with van der Waals surface area (Å²) in [6.45, 7) is 0. The molecule has 0 N–H and O–H groups in total. The van der Waals surface area contributed by atoms with E-state index in [1.54, 1.807) is 0 Å². The van der Waals surface area contributed by atoms with Gasteiger partial charge in [-0.15, -0.1) is 0 Å². The Bertz CT molecular complexity index is 647. The lowest BCUT2D eigenvalue weighted by atomic mass is 10.0. The van der Waals surface area contributed by atoms with Gasteiger partial charge < -0.3 is 0 Å². The zero-order valence-electron chi connectivity index (χ0n) is 10.7. The predicted molar refractivity (Wildman–Crippen MR) is 76.5 cm³/mol. The molecule has 96 valence electrons. The molecule has 1 saturated carbocycles. The summed E-state index contributed by atoms with van der Waals surface area (Å²) in [6.07, 6.45) is 6.08. The Morgan fingerprint density at radius 1 is 1.00 bits per heavy atom. The van der Waals surface area contributed by atoms with Gasteiger partial charge in [-0.3, -0.25) is 0 Å². The second kappa shape index (κ2) is 4.31. The van der Waals surface area contributed by atoms with Crippen LogP contribution in [0.1, 0.15) is 42.1 Å². The molecule has 0 aliphatic heterocycles. The smallest absolute Gasteiger partial charge is 0.133 e. The number of fused-ring (bicyclic) bond motifs is 1. The van der Waals surface area contributed by atoms with Crippen LogP contribution < -0.4 is 0 Å². The van der Waals surface area contributed by atoms with Crippen molar-refractivity contribution in [2.24, 2.45) is 0 Å². The van der Waals surface area contributed by atoms with Crippen molar-refractivity contribution in [3.05, 3.63) is 46.4 Å². The summed E-state index contributed by atoms with van der Waals surface area (Å²) in [4.78, 5) is 9.04. The summed E-state index contributed by atoms with van der Waals surface area (Å²) in [5.74, 6) is 1.45. The molecule has 1 aromatic heterocycles. The third-order valence-corrected chi connectivity index (χ3v) is 4.24. The largest absolute Gasteiger partial charge is 0.232 e. The third-order valence-electron chi connectivity index (χ3n) is 4.05. The van der Waals surface area contributed by atoms with Crippen LogP contribution in [-0.2, 0) is 12.8 Å². The molecule has 1 heterocycles. The average molecular weight is 271 g/mol. The number of aromatic nitrogens is 2. The first-order valence-electron chi connectivity index (χ1n) is 6.96. The highest BCUT2D eigenvalue weighted by atomic mass is 35.5. The zero-order valence-corrected chi connectivity index (χ0v) is 11.5. The summed E-state index contributed by atoms with van der Waals surface area (Å²) < 4.78 is 0. The van der Waals surface area contributed by atoms with Crippen LogP contribution in [-0.4, -0.2) is 9.97 Å². The van der Waals surface area contributed by atoms with E-state index in [0.717, 1.165) is 11.5 Å². The van der Waals surface area contributed by atoms with E-state index >= 15 is 0 Å². The minimum Gasteiger partial charge on any atom is -0.232 e. The normalized spacial score (nSPS) is 17.5. The fourth-order valence-corrected chi connectivity index (χ4v) is 3.03. The van der Waals surface area contributed by atoms with Crippen LogP contribution >= 0.6 is 11.6 Å². The Morgan fingerprint density at radius 3 is 2.68 bits per heavy atom. The third kappa shape index (κ3) is 2.14. The van der Waals surface area contributed by atoms with Crippen molar-refractivity contribution in [2.75, 3.05) is 0 Å². The lowest BCUT2D eigenvalue weighted by Crippen LogP contribution is -1.96. The molecule has 2 aliphatic carbocycles. The first kappa shape index (κ1) is 11.4. The van der Waals surface area contributed by atoms with E-state index in [1.807, 2.05) is 6.07 Å². The van der Waals surface area contributed by atoms with Crippen molar-refractivity contribution in [1.82, 2.24) is 9.97 Å². The Labute approximate surface area is 117 Å². The van der Waals surface area contributed by atoms with Crippen LogP contribution in [0.4, 0.5) is 0 Å². The van der Waals surface area contributed by atoms with Crippen molar-refractivity contribution >= 4 is 11.6 Å². The molecule has 0 bridgehead atoms. The summed E-state index contributed by atoms with van der Waals surface area (Å²) >= 11 is 6.14. The van der Waals surface area contributed by atoms with Gasteiger partial charge >= 0.3 is 0 Å². The molecule has 0 atom stereocenters. The van der Waals surface area contributed by atoms with Crippen LogP contribution in [0, 0.1) is 0 Å². The van der Waals surface area contributed by atoms with Gasteiger partial charge in [0.1, 0.15) is 11.0 Å². The quantitative estimate of drug-likeness (QED) is 0.766. The summed E-state index contributed by atoms with van der Waals surface area (Å²) in [6, 6.07) is 8.56. The van der Waals surface area contributed by atoms with Gasteiger partial charge in [-0.05, 0) is 49.3 Å². The number of hydrogen-bond donors (Lipinski definition) is 0. The second-order valence-electron chi connectivity index (χ2n) is 5.55. The Kier molecular flexibility index (Phi) is 2.59. The van der Waals surface area contributed by atoms with Gasteiger partial charge in [0.05, 0.1) is 5.69 Å². The van der Waals surface area contributed by atoms with Crippen LogP contribution in [0.5, 0.6) is 0 Å². The van der Waals surface area contributed by atoms with E-state index in [1.165, 1.54) is 48.8 Å². The molecule has 3 heteroatoms. The van der Waals surface area contributed by atoms with Gasteiger partial charge in [0, 0.05) is 17.5 Å². The Hall–Kier alpha value is -1.41. The van der Waals surface area contributed by atoms with Crippen molar-refractivity contribution in [3.8, 4) is 11.3 Å². The number of nitrogens with zero attached hydrogens (tertiary/aromatic N) is 2. The highest BCUT2D eigenvalue weighted by Gasteiger charge is 2.27. The molecule has 0 spiro atoms. The minimum atomic E-state index is 0.534. The lowest BCUT2D eigenvalue weighted by molar-refractivity contribution is 0.911. The molecule has 0 radical (unpaired) electrons. The summed E-state index contributed by atoms with van der Waals surface area (Å²) in [5, 5.41) is 0.562. The molecule has 2 aliphatic rings. The van der Waals surface area contributed by atoms with E-state index in [9.17, 15) is 0 Å². The SMILES string of the molecule is Clc1cc(-c2ccc3c(c2)CCC3)nc(C2CC2)n1. The molecule has 1 fully saturated rings. The maximum atomic E-state index is 6.14. The zero-order chi connectivity index (χ0) is 12.8. The molecule has 1 aromatic carbocycles. The van der Waals surface area contributed by atoms with E-state index in [-0.39, 0.29) is 0 Å². The van der Waals surface area contributed by atoms with Gasteiger partial charge in [0.15, 0.2) is 0 Å².